The van der Waals surface area contributed by atoms with Crippen LogP contribution in [0.1, 0.15) is 39.0 Å². The average Bonchev–Trinajstić information content (AvgIpc) is 3.05. The number of aromatic nitrogens is 1. The molecular weight excluding hydrogens is 326 g/mol. The maximum absolute atomic E-state index is 12.2. The van der Waals surface area contributed by atoms with E-state index in [0.29, 0.717) is 5.54 Å². The molecule has 0 bridgehead atoms. The van der Waals surface area contributed by atoms with Crippen LogP contribution in [0.25, 0.3) is 10.2 Å². The zero-order chi connectivity index (χ0) is 15.9. The molecule has 0 spiro atoms. The van der Waals surface area contributed by atoms with E-state index < -0.39 is 0 Å². The molecule has 0 aromatic carbocycles. The van der Waals surface area contributed by atoms with Crippen molar-refractivity contribution >= 4 is 38.0 Å². The molecule has 2 fully saturated rings. The van der Waals surface area contributed by atoms with E-state index >= 15 is 0 Å². The van der Waals surface area contributed by atoms with E-state index in [1.165, 1.54) is 54.8 Å². The van der Waals surface area contributed by atoms with E-state index in [4.69, 9.17) is 4.98 Å². The number of piperazine rings is 1. The number of hydrogen-bond acceptors (Lipinski definition) is 6. The van der Waals surface area contributed by atoms with Crippen LogP contribution < -0.4 is 9.64 Å². The predicted octanol–water partition coefficient (Wildman–Crippen LogP) is 3.56. The molecular formula is C17H23N3OS2. The van der Waals surface area contributed by atoms with Crippen LogP contribution in [0.4, 0.5) is 5.13 Å². The Bertz CT molecular complexity index is 740. The highest BCUT2D eigenvalue weighted by atomic mass is 32.1. The van der Waals surface area contributed by atoms with Gasteiger partial charge in [0.2, 0.25) is 0 Å². The number of nitrogens with zero attached hydrogens (tertiary/aromatic N) is 3. The first kappa shape index (κ1) is 15.5. The Morgan fingerprint density at radius 3 is 2.61 bits per heavy atom. The van der Waals surface area contributed by atoms with Gasteiger partial charge in [-0.25, -0.2) is 4.98 Å². The summed E-state index contributed by atoms with van der Waals surface area (Å²) >= 11 is 2.80. The quantitative estimate of drug-likeness (QED) is 0.831. The van der Waals surface area contributed by atoms with Gasteiger partial charge in [0.25, 0.3) is 4.74 Å². The van der Waals surface area contributed by atoms with Crippen LogP contribution in [0.3, 0.4) is 0 Å². The molecule has 4 rings (SSSR count). The number of thiophene rings is 1. The lowest BCUT2D eigenvalue weighted by molar-refractivity contribution is 0.0606. The van der Waals surface area contributed by atoms with Gasteiger partial charge in [0, 0.05) is 31.7 Å². The van der Waals surface area contributed by atoms with Crippen LogP contribution in [0.2, 0.25) is 0 Å². The zero-order valence-electron chi connectivity index (χ0n) is 13.6. The molecule has 124 valence electrons. The van der Waals surface area contributed by atoms with Crippen LogP contribution in [0.5, 0.6) is 0 Å². The van der Waals surface area contributed by atoms with Gasteiger partial charge in [-0.15, -0.1) is 11.3 Å². The Kier molecular flexibility index (Phi) is 4.15. The van der Waals surface area contributed by atoms with Crippen molar-refractivity contribution in [2.45, 2.75) is 44.6 Å². The molecule has 2 aromatic heterocycles. The molecule has 23 heavy (non-hydrogen) atoms. The van der Waals surface area contributed by atoms with E-state index in [1.54, 1.807) is 0 Å². The van der Waals surface area contributed by atoms with Crippen molar-refractivity contribution in [3.8, 4) is 0 Å². The van der Waals surface area contributed by atoms with E-state index in [0.717, 1.165) is 41.5 Å². The molecule has 4 nitrogen and oxygen atoms in total. The second-order valence-electron chi connectivity index (χ2n) is 6.95. The summed E-state index contributed by atoms with van der Waals surface area (Å²) in [6.45, 7) is 6.57. The highest BCUT2D eigenvalue weighted by molar-refractivity contribution is 7.21. The Morgan fingerprint density at radius 2 is 1.87 bits per heavy atom. The molecule has 0 amide bonds. The van der Waals surface area contributed by atoms with Gasteiger partial charge in [-0.3, -0.25) is 9.69 Å². The van der Waals surface area contributed by atoms with Gasteiger partial charge in [-0.1, -0.05) is 30.6 Å². The van der Waals surface area contributed by atoms with E-state index in [1.807, 2.05) is 11.4 Å². The van der Waals surface area contributed by atoms with Crippen LogP contribution in [0, 0.1) is 0 Å². The topological polar surface area (TPSA) is 36.4 Å². The average molecular weight is 350 g/mol. The number of anilines is 1. The summed E-state index contributed by atoms with van der Waals surface area (Å²) in [7, 11) is 0. The van der Waals surface area contributed by atoms with Gasteiger partial charge in [-0.05, 0) is 31.2 Å². The third kappa shape index (κ3) is 2.92. The van der Waals surface area contributed by atoms with Gasteiger partial charge in [0.05, 0.1) is 5.52 Å². The number of rotatable bonds is 2. The van der Waals surface area contributed by atoms with Gasteiger partial charge in [-0.2, -0.15) is 0 Å². The molecule has 2 aromatic rings. The first-order chi connectivity index (χ1) is 11.2. The van der Waals surface area contributed by atoms with Crippen molar-refractivity contribution in [3.63, 3.8) is 0 Å². The highest BCUT2D eigenvalue weighted by Gasteiger charge is 2.35. The minimum atomic E-state index is 0.154. The molecule has 0 unspecified atom stereocenters. The smallest absolute Gasteiger partial charge is 0.255 e. The monoisotopic (exact) mass is 349 g/mol. The van der Waals surface area contributed by atoms with E-state index in [-0.39, 0.29) is 4.74 Å². The van der Waals surface area contributed by atoms with E-state index in [2.05, 4.69) is 16.7 Å². The number of fused-ring (bicyclic) bond motifs is 1. The third-order valence-electron chi connectivity index (χ3n) is 5.47. The van der Waals surface area contributed by atoms with Gasteiger partial charge in [0.15, 0.2) is 5.13 Å². The van der Waals surface area contributed by atoms with Crippen molar-refractivity contribution < 1.29 is 0 Å². The van der Waals surface area contributed by atoms with Crippen LogP contribution >= 0.6 is 22.7 Å². The Balaban J connectivity index is 1.49. The zero-order valence-corrected chi connectivity index (χ0v) is 15.2. The largest absolute Gasteiger partial charge is 0.345 e. The van der Waals surface area contributed by atoms with Crippen molar-refractivity contribution in [1.82, 2.24) is 9.88 Å². The summed E-state index contributed by atoms with van der Waals surface area (Å²) in [5.41, 5.74) is 1.25. The highest BCUT2D eigenvalue weighted by Crippen LogP contribution is 2.34. The molecule has 1 aliphatic heterocycles. The number of hydrogen-bond donors (Lipinski definition) is 0. The molecule has 0 radical (unpaired) electrons. The molecule has 0 atom stereocenters. The molecule has 0 N–H and O–H groups in total. The van der Waals surface area contributed by atoms with E-state index in [9.17, 15) is 4.79 Å². The third-order valence-corrected chi connectivity index (χ3v) is 7.43. The second-order valence-corrected chi connectivity index (χ2v) is 8.81. The lowest BCUT2D eigenvalue weighted by Gasteiger charge is -2.48. The van der Waals surface area contributed by atoms with Crippen molar-refractivity contribution in [1.29, 1.82) is 0 Å². The van der Waals surface area contributed by atoms with Crippen LogP contribution in [-0.2, 0) is 0 Å². The maximum atomic E-state index is 12.2. The molecule has 3 heterocycles. The first-order valence-corrected chi connectivity index (χ1v) is 10.2. The summed E-state index contributed by atoms with van der Waals surface area (Å²) in [4.78, 5) is 21.9. The normalized spacial score (nSPS) is 22.6. The van der Waals surface area contributed by atoms with Crippen molar-refractivity contribution in [3.05, 3.63) is 21.0 Å². The SMILES string of the molecule is CC1(N2CCN(c3nc4ccsc4c(=O)s3)CC2)CCCCC1. The second kappa shape index (κ2) is 6.15. The van der Waals surface area contributed by atoms with Crippen molar-refractivity contribution in [2.75, 3.05) is 31.1 Å². The molecule has 1 saturated heterocycles. The summed E-state index contributed by atoms with van der Waals surface area (Å²) < 4.78 is 0.953. The Morgan fingerprint density at radius 1 is 1.13 bits per heavy atom. The Hall–Kier alpha value is -0.980. The Labute approximate surface area is 144 Å². The summed E-state index contributed by atoms with van der Waals surface area (Å²) in [6.07, 6.45) is 6.80. The molecule has 2 aliphatic rings. The van der Waals surface area contributed by atoms with Crippen LogP contribution in [-0.4, -0.2) is 41.6 Å². The summed E-state index contributed by atoms with van der Waals surface area (Å²) in [5, 5.41) is 2.85. The summed E-state index contributed by atoms with van der Waals surface area (Å²) in [6, 6.07) is 1.96. The first-order valence-electron chi connectivity index (χ1n) is 8.54. The van der Waals surface area contributed by atoms with Gasteiger partial charge in [0.1, 0.15) is 4.70 Å². The van der Waals surface area contributed by atoms with Gasteiger partial charge < -0.3 is 4.90 Å². The van der Waals surface area contributed by atoms with Gasteiger partial charge >= 0.3 is 0 Å². The fourth-order valence-corrected chi connectivity index (χ4v) is 5.75. The predicted molar refractivity (Wildman–Crippen MR) is 99.0 cm³/mol. The molecule has 1 saturated carbocycles. The summed E-state index contributed by atoms with van der Waals surface area (Å²) in [5.74, 6) is 0. The molecule has 6 heteroatoms. The fourth-order valence-electron chi connectivity index (χ4n) is 4.00. The lowest BCUT2D eigenvalue weighted by atomic mass is 9.81. The lowest BCUT2D eigenvalue weighted by Crippen LogP contribution is -2.56. The maximum Gasteiger partial charge on any atom is 0.255 e. The minimum absolute atomic E-state index is 0.154. The molecule has 1 aliphatic carbocycles. The minimum Gasteiger partial charge on any atom is -0.345 e. The standard InChI is InChI=1S/C17H23N3OS2/c1-17(6-3-2-4-7-17)20-10-8-19(9-11-20)16-18-13-5-12-22-14(13)15(21)23-16/h5,12H,2-4,6-11H2,1H3. The van der Waals surface area contributed by atoms with Crippen LogP contribution in [0.15, 0.2) is 16.2 Å². The van der Waals surface area contributed by atoms with Crippen molar-refractivity contribution in [2.24, 2.45) is 0 Å². The fraction of sp³-hybridized carbons (Fsp3) is 0.647.